The zero-order chi connectivity index (χ0) is 29.7. The molecule has 0 saturated carbocycles. The first-order valence-corrected chi connectivity index (χ1v) is 14.3. The Hall–Kier alpha value is -3.39. The van der Waals surface area contributed by atoms with E-state index < -0.39 is 22.2 Å². The van der Waals surface area contributed by atoms with Crippen LogP contribution < -0.4 is 14.9 Å². The Morgan fingerprint density at radius 2 is 1.65 bits per heavy atom. The monoisotopic (exact) mass is 585 g/mol. The molecule has 10 nitrogen and oxygen atoms in total. The molecule has 0 aliphatic carbocycles. The number of carbonyl (C=O) groups excluding carboxylic acids is 1. The van der Waals surface area contributed by atoms with Gasteiger partial charge in [0.15, 0.2) is 0 Å². The lowest BCUT2D eigenvalue weighted by Crippen LogP contribution is -2.45. The Kier molecular flexibility index (Phi) is 10.0. The van der Waals surface area contributed by atoms with Crippen LogP contribution in [0.2, 0.25) is 0 Å². The van der Waals surface area contributed by atoms with Gasteiger partial charge in [0.2, 0.25) is 0 Å². The number of rotatable bonds is 5. The van der Waals surface area contributed by atoms with Crippen LogP contribution in [-0.4, -0.2) is 80.7 Å². The van der Waals surface area contributed by atoms with Gasteiger partial charge in [-0.2, -0.15) is 13.2 Å². The van der Waals surface area contributed by atoms with Gasteiger partial charge in [0.05, 0.1) is 22.3 Å². The molecular formula is C26H34F3N5O5S. The van der Waals surface area contributed by atoms with E-state index in [9.17, 15) is 26.4 Å². The number of nitrogens with zero attached hydrogens (tertiary/aromatic N) is 3. The molecular weight excluding hydrogens is 551 g/mol. The smallest absolute Gasteiger partial charge is 0.475 e. The minimum atomic E-state index is -5.08. The Balaban J connectivity index is 0.000000559. The number of carboxylic acid groups (broad SMARTS) is 1. The number of piperazine rings is 1. The van der Waals surface area contributed by atoms with Gasteiger partial charge in [0, 0.05) is 39.3 Å². The predicted molar refractivity (Wildman–Crippen MR) is 144 cm³/mol. The minimum Gasteiger partial charge on any atom is -0.475 e. The molecule has 1 aromatic heterocycles. The van der Waals surface area contributed by atoms with E-state index in [-0.39, 0.29) is 10.8 Å². The zero-order valence-electron chi connectivity index (χ0n) is 22.6. The van der Waals surface area contributed by atoms with Crippen molar-refractivity contribution in [3.63, 3.8) is 0 Å². The molecule has 2 aliphatic rings. The largest absolute Gasteiger partial charge is 0.490 e. The topological polar surface area (TPSA) is 132 Å². The molecule has 3 N–H and O–H groups in total. The molecule has 0 unspecified atom stereocenters. The lowest BCUT2D eigenvalue weighted by molar-refractivity contribution is -0.192. The Morgan fingerprint density at radius 1 is 1.05 bits per heavy atom. The maximum absolute atomic E-state index is 13.5. The van der Waals surface area contributed by atoms with Crippen LogP contribution in [0.1, 0.15) is 41.3 Å². The normalized spacial score (nSPS) is 16.6. The number of sulfonamides is 1. The molecule has 0 radical (unpaired) electrons. The molecule has 0 bridgehead atoms. The fourth-order valence-electron chi connectivity index (χ4n) is 4.28. The van der Waals surface area contributed by atoms with E-state index in [1.807, 2.05) is 18.7 Å². The van der Waals surface area contributed by atoms with Gasteiger partial charge in [-0.1, -0.05) is 13.0 Å². The van der Waals surface area contributed by atoms with Crippen molar-refractivity contribution in [2.75, 3.05) is 48.9 Å². The second-order valence-electron chi connectivity index (χ2n) is 9.96. The summed E-state index contributed by atoms with van der Waals surface area (Å²) < 4.78 is 60.4. The van der Waals surface area contributed by atoms with Gasteiger partial charge < -0.3 is 20.2 Å². The zero-order valence-corrected chi connectivity index (χ0v) is 23.4. The van der Waals surface area contributed by atoms with E-state index in [0.717, 1.165) is 50.1 Å². The molecule has 2 fully saturated rings. The molecule has 0 spiro atoms. The van der Waals surface area contributed by atoms with Crippen molar-refractivity contribution in [3.05, 3.63) is 47.2 Å². The molecule has 2 aliphatic heterocycles. The van der Waals surface area contributed by atoms with Gasteiger partial charge in [-0.15, -0.1) is 0 Å². The highest BCUT2D eigenvalue weighted by Gasteiger charge is 2.38. The standard InChI is InChI=1S/C24H33N5O3S.C2HF3O2/c1-17-6-10-29(11-7-17)24(30)22-15-20(16-26-23(22)28-12-8-25-9-13-28)27-33(31,32)21-5-4-18(2)19(3)14-21;3-2(4,5)1(6)7/h4-5,14-17,25,27H,6-13H2,1-3H3;(H,6,7). The van der Waals surface area contributed by atoms with E-state index in [1.54, 1.807) is 24.3 Å². The number of carbonyl (C=O) groups is 2. The highest BCUT2D eigenvalue weighted by atomic mass is 32.2. The number of halogens is 3. The molecule has 14 heteroatoms. The third-order valence-electron chi connectivity index (χ3n) is 6.87. The second-order valence-corrected chi connectivity index (χ2v) is 11.6. The molecule has 1 amide bonds. The lowest BCUT2D eigenvalue weighted by Gasteiger charge is -2.33. The average Bonchev–Trinajstić information content (AvgIpc) is 2.90. The maximum Gasteiger partial charge on any atom is 0.490 e. The summed E-state index contributed by atoms with van der Waals surface area (Å²) in [7, 11) is -3.80. The summed E-state index contributed by atoms with van der Waals surface area (Å²) in [5, 5.41) is 10.4. The van der Waals surface area contributed by atoms with Crippen LogP contribution in [0.15, 0.2) is 35.4 Å². The van der Waals surface area contributed by atoms with Gasteiger partial charge in [-0.3, -0.25) is 9.52 Å². The number of aryl methyl sites for hydroxylation is 2. The number of hydrogen-bond acceptors (Lipinski definition) is 7. The number of likely N-dealkylation sites (tertiary alicyclic amines) is 1. The third kappa shape index (κ3) is 8.07. The predicted octanol–water partition coefficient (Wildman–Crippen LogP) is 3.41. The number of pyridine rings is 1. The van der Waals surface area contributed by atoms with E-state index >= 15 is 0 Å². The number of hydrogen-bond donors (Lipinski definition) is 3. The molecule has 4 rings (SSSR count). The average molecular weight is 586 g/mol. The number of piperidine rings is 1. The van der Waals surface area contributed by atoms with Crippen LogP contribution in [0.5, 0.6) is 0 Å². The lowest BCUT2D eigenvalue weighted by atomic mass is 9.98. The molecule has 2 saturated heterocycles. The highest BCUT2D eigenvalue weighted by molar-refractivity contribution is 7.92. The third-order valence-corrected chi connectivity index (χ3v) is 8.25. The van der Waals surface area contributed by atoms with Gasteiger partial charge >= 0.3 is 12.1 Å². The molecule has 0 atom stereocenters. The Bertz CT molecular complexity index is 1320. The summed E-state index contributed by atoms with van der Waals surface area (Å²) in [6, 6.07) is 6.68. The number of benzene rings is 1. The van der Waals surface area contributed by atoms with Crippen LogP contribution in [-0.2, 0) is 14.8 Å². The van der Waals surface area contributed by atoms with Crippen LogP contribution in [0.4, 0.5) is 24.7 Å². The van der Waals surface area contributed by atoms with E-state index in [2.05, 4.69) is 26.8 Å². The Morgan fingerprint density at radius 3 is 2.20 bits per heavy atom. The molecule has 2 aromatic rings. The number of alkyl halides is 3. The maximum atomic E-state index is 13.5. The SMILES string of the molecule is Cc1ccc(S(=O)(=O)Nc2cnc(N3CCNCC3)c(C(=O)N3CCC(C)CC3)c2)cc1C.O=C(O)C(F)(F)F. The summed E-state index contributed by atoms with van der Waals surface area (Å²) in [4.78, 5) is 31.1. The molecule has 3 heterocycles. The molecule has 220 valence electrons. The van der Waals surface area contributed by atoms with Gasteiger partial charge in [0.25, 0.3) is 15.9 Å². The first-order chi connectivity index (χ1) is 18.7. The number of aromatic nitrogens is 1. The van der Waals surface area contributed by atoms with E-state index in [0.29, 0.717) is 36.1 Å². The molecule has 40 heavy (non-hydrogen) atoms. The van der Waals surface area contributed by atoms with Crippen molar-refractivity contribution in [2.24, 2.45) is 5.92 Å². The van der Waals surface area contributed by atoms with Crippen molar-refractivity contribution in [1.82, 2.24) is 15.2 Å². The summed E-state index contributed by atoms with van der Waals surface area (Å²) >= 11 is 0. The fourth-order valence-corrected chi connectivity index (χ4v) is 5.40. The van der Waals surface area contributed by atoms with Gasteiger partial charge in [0.1, 0.15) is 5.82 Å². The van der Waals surface area contributed by atoms with Crippen LogP contribution in [0.3, 0.4) is 0 Å². The molecule has 1 aromatic carbocycles. The first kappa shape index (κ1) is 31.1. The summed E-state index contributed by atoms with van der Waals surface area (Å²) in [5.74, 6) is -1.62. The minimum absolute atomic E-state index is 0.0878. The van der Waals surface area contributed by atoms with Crippen molar-refractivity contribution in [2.45, 2.75) is 44.7 Å². The van der Waals surface area contributed by atoms with Crippen LogP contribution >= 0.6 is 0 Å². The van der Waals surface area contributed by atoms with Crippen molar-refractivity contribution in [1.29, 1.82) is 0 Å². The number of aliphatic carboxylic acids is 1. The number of anilines is 2. The van der Waals surface area contributed by atoms with E-state index in [4.69, 9.17) is 9.90 Å². The first-order valence-electron chi connectivity index (χ1n) is 12.8. The van der Waals surface area contributed by atoms with Gasteiger partial charge in [-0.05, 0) is 61.9 Å². The highest BCUT2D eigenvalue weighted by Crippen LogP contribution is 2.27. The summed E-state index contributed by atoms with van der Waals surface area (Å²) in [5.41, 5.74) is 2.67. The van der Waals surface area contributed by atoms with Crippen molar-refractivity contribution < 1.29 is 36.3 Å². The Labute approximate surface area is 231 Å². The van der Waals surface area contributed by atoms with E-state index in [1.165, 1.54) is 6.20 Å². The number of amides is 1. The summed E-state index contributed by atoms with van der Waals surface area (Å²) in [6.45, 7) is 10.6. The van der Waals surface area contributed by atoms with Crippen LogP contribution in [0.25, 0.3) is 0 Å². The summed E-state index contributed by atoms with van der Waals surface area (Å²) in [6.07, 6.45) is -1.63. The fraction of sp³-hybridized carbons (Fsp3) is 0.500. The van der Waals surface area contributed by atoms with Crippen LogP contribution in [0, 0.1) is 19.8 Å². The van der Waals surface area contributed by atoms with Crippen molar-refractivity contribution in [3.8, 4) is 0 Å². The van der Waals surface area contributed by atoms with Crippen molar-refractivity contribution >= 4 is 33.4 Å². The number of carboxylic acids is 1. The quantitative estimate of drug-likeness (QED) is 0.487. The number of nitrogens with one attached hydrogen (secondary N) is 2. The second kappa shape index (κ2) is 12.9. The van der Waals surface area contributed by atoms with Gasteiger partial charge in [-0.25, -0.2) is 18.2 Å².